The van der Waals surface area contributed by atoms with Crippen LogP contribution in [0.25, 0.3) is 0 Å². The van der Waals surface area contributed by atoms with E-state index in [0.717, 1.165) is 42.7 Å². The fourth-order valence-electron chi connectivity index (χ4n) is 10.9. The van der Waals surface area contributed by atoms with Gasteiger partial charge in [0.05, 0.1) is 12.7 Å². The van der Waals surface area contributed by atoms with E-state index in [1.54, 1.807) is 0 Å². The summed E-state index contributed by atoms with van der Waals surface area (Å²) >= 11 is 0. The summed E-state index contributed by atoms with van der Waals surface area (Å²) in [7, 11) is 2.35. The smallest absolute Gasteiger partial charge is 0.171 e. The first-order valence-electron chi connectivity index (χ1n) is 14.7. The third-order valence-corrected chi connectivity index (χ3v) is 13.0. The van der Waals surface area contributed by atoms with Gasteiger partial charge in [0.15, 0.2) is 5.79 Å². The van der Waals surface area contributed by atoms with E-state index in [9.17, 15) is 0 Å². The molecular formula is C30H51NO2. The molecule has 0 amide bonds. The highest BCUT2D eigenvalue weighted by Gasteiger charge is 2.69. The molecule has 0 bridgehead atoms. The van der Waals surface area contributed by atoms with Crippen molar-refractivity contribution in [3.05, 3.63) is 0 Å². The van der Waals surface area contributed by atoms with Crippen molar-refractivity contribution >= 4 is 0 Å². The zero-order valence-electron chi connectivity index (χ0n) is 22.4. The van der Waals surface area contributed by atoms with Gasteiger partial charge in [-0.1, -0.05) is 34.6 Å². The maximum atomic E-state index is 6.97. The standard InChI is InChI=1S/C30H51NO2/c1-7-31(6)22-11-13-28(4)21(16-22)8-9-23-24(28)12-14-29(5)25(23)17-26-27(29)20(3)30(33-26)15-10-19(2)18-32-30/h19-27H,7-18H2,1-6H3/t19-,20-,21+,22?,23+,24-,25-,26-,27-,28-,29-,30+/m0/s1. The molecule has 0 aromatic heterocycles. The van der Waals surface area contributed by atoms with Crippen LogP contribution < -0.4 is 0 Å². The average molecular weight is 458 g/mol. The summed E-state index contributed by atoms with van der Waals surface area (Å²) < 4.78 is 13.5. The van der Waals surface area contributed by atoms with Crippen LogP contribution in [0.5, 0.6) is 0 Å². The van der Waals surface area contributed by atoms with E-state index < -0.39 is 0 Å². The van der Waals surface area contributed by atoms with Crippen LogP contribution in [0, 0.1) is 52.3 Å². The SMILES string of the molecule is CCN(C)C1CC[C@@]2(C)[C@H](CC[C@@H]3[C@@H]2CC[C@]2(C)[C@@H]4[C@H](C[C@@H]32)O[C@]2(CC[C@H](C)CO2)[C@H]4C)C1. The summed E-state index contributed by atoms with van der Waals surface area (Å²) in [6, 6.07) is 0.827. The molecule has 6 aliphatic rings. The van der Waals surface area contributed by atoms with Crippen LogP contribution in [0.1, 0.15) is 98.8 Å². The second-order valence-electron chi connectivity index (χ2n) is 14.2. The van der Waals surface area contributed by atoms with E-state index in [2.05, 4.69) is 46.6 Å². The lowest BCUT2D eigenvalue weighted by atomic mass is 9.44. The van der Waals surface area contributed by atoms with E-state index in [4.69, 9.17) is 9.47 Å². The lowest BCUT2D eigenvalue weighted by Crippen LogP contribution is -2.56. The molecule has 0 aromatic carbocycles. The van der Waals surface area contributed by atoms with Crippen LogP contribution in [0.3, 0.4) is 0 Å². The van der Waals surface area contributed by atoms with E-state index >= 15 is 0 Å². The average Bonchev–Trinajstić information content (AvgIpc) is 3.25. The van der Waals surface area contributed by atoms with Crippen molar-refractivity contribution in [1.82, 2.24) is 4.90 Å². The van der Waals surface area contributed by atoms with Crippen molar-refractivity contribution in [2.45, 2.75) is 117 Å². The van der Waals surface area contributed by atoms with Crippen molar-refractivity contribution in [2.24, 2.45) is 52.3 Å². The highest BCUT2D eigenvalue weighted by atomic mass is 16.7. The first kappa shape index (κ1) is 23.3. The van der Waals surface area contributed by atoms with Crippen LogP contribution in [0.4, 0.5) is 0 Å². The summed E-state index contributed by atoms with van der Waals surface area (Å²) in [6.45, 7) is 14.6. The van der Waals surface area contributed by atoms with E-state index in [-0.39, 0.29) is 5.79 Å². The normalized spacial score (nSPS) is 58.1. The molecule has 12 atom stereocenters. The van der Waals surface area contributed by atoms with Gasteiger partial charge >= 0.3 is 0 Å². The molecule has 0 N–H and O–H groups in total. The topological polar surface area (TPSA) is 21.7 Å². The van der Waals surface area contributed by atoms with Crippen molar-refractivity contribution in [2.75, 3.05) is 20.2 Å². The van der Waals surface area contributed by atoms with Gasteiger partial charge in [0.1, 0.15) is 0 Å². The predicted molar refractivity (Wildman–Crippen MR) is 134 cm³/mol. The van der Waals surface area contributed by atoms with Gasteiger partial charge in [0, 0.05) is 18.4 Å². The molecule has 6 fully saturated rings. The number of fused-ring (bicyclic) bond motifs is 7. The van der Waals surface area contributed by atoms with Gasteiger partial charge in [-0.2, -0.15) is 0 Å². The molecule has 6 rings (SSSR count). The largest absolute Gasteiger partial charge is 0.349 e. The summed E-state index contributed by atoms with van der Waals surface area (Å²) in [6.07, 6.45) is 14.4. The Morgan fingerprint density at radius 1 is 0.879 bits per heavy atom. The predicted octanol–water partition coefficient (Wildman–Crippen LogP) is 6.75. The molecule has 2 saturated heterocycles. The number of nitrogens with zero attached hydrogens (tertiary/aromatic N) is 1. The number of rotatable bonds is 2. The van der Waals surface area contributed by atoms with Gasteiger partial charge in [-0.05, 0) is 118 Å². The molecule has 2 heterocycles. The molecule has 3 nitrogen and oxygen atoms in total. The summed E-state index contributed by atoms with van der Waals surface area (Å²) in [4.78, 5) is 2.63. The maximum Gasteiger partial charge on any atom is 0.171 e. The highest BCUT2D eigenvalue weighted by molar-refractivity contribution is 5.15. The van der Waals surface area contributed by atoms with E-state index in [1.165, 1.54) is 64.3 Å². The van der Waals surface area contributed by atoms with Crippen molar-refractivity contribution in [3.63, 3.8) is 0 Å². The Labute approximate surface area is 203 Å². The Morgan fingerprint density at radius 2 is 1.67 bits per heavy atom. The minimum absolute atomic E-state index is 0.264. The molecular weight excluding hydrogens is 406 g/mol. The van der Waals surface area contributed by atoms with Crippen molar-refractivity contribution < 1.29 is 9.47 Å². The molecule has 1 spiro atoms. The number of ether oxygens (including phenoxy) is 2. The molecule has 0 radical (unpaired) electrons. The second-order valence-corrected chi connectivity index (χ2v) is 14.2. The van der Waals surface area contributed by atoms with E-state index in [0.29, 0.717) is 34.7 Å². The van der Waals surface area contributed by atoms with Crippen LogP contribution >= 0.6 is 0 Å². The summed E-state index contributed by atoms with van der Waals surface area (Å²) in [5.41, 5.74) is 1.05. The third kappa shape index (κ3) is 3.23. The Kier molecular flexibility index (Phi) is 5.60. The molecule has 3 heteroatoms. The molecule has 0 aromatic rings. The van der Waals surface area contributed by atoms with Gasteiger partial charge < -0.3 is 14.4 Å². The highest BCUT2D eigenvalue weighted by Crippen LogP contribution is 2.71. The fraction of sp³-hybridized carbons (Fsp3) is 1.00. The van der Waals surface area contributed by atoms with E-state index in [1.807, 2.05) is 0 Å². The van der Waals surface area contributed by atoms with Crippen molar-refractivity contribution in [1.29, 1.82) is 0 Å². The van der Waals surface area contributed by atoms with Gasteiger partial charge in [-0.25, -0.2) is 0 Å². The Balaban J connectivity index is 1.21. The van der Waals surface area contributed by atoms with Gasteiger partial charge in [0.2, 0.25) is 0 Å². The van der Waals surface area contributed by atoms with Crippen molar-refractivity contribution in [3.8, 4) is 0 Å². The first-order chi connectivity index (χ1) is 15.7. The van der Waals surface area contributed by atoms with Gasteiger partial charge in [0.25, 0.3) is 0 Å². The Morgan fingerprint density at radius 3 is 2.39 bits per heavy atom. The monoisotopic (exact) mass is 457 g/mol. The first-order valence-corrected chi connectivity index (χ1v) is 14.7. The Hall–Kier alpha value is -0.120. The lowest BCUT2D eigenvalue weighted by molar-refractivity contribution is -0.273. The molecule has 1 unspecified atom stereocenters. The van der Waals surface area contributed by atoms with Crippen LogP contribution in [-0.4, -0.2) is 43.0 Å². The van der Waals surface area contributed by atoms with Gasteiger partial charge in [-0.3, -0.25) is 0 Å². The zero-order chi connectivity index (χ0) is 23.2. The molecule has 2 aliphatic heterocycles. The van der Waals surface area contributed by atoms with Gasteiger partial charge in [-0.15, -0.1) is 0 Å². The van der Waals surface area contributed by atoms with Crippen LogP contribution in [-0.2, 0) is 9.47 Å². The fourth-order valence-corrected chi connectivity index (χ4v) is 10.9. The summed E-state index contributed by atoms with van der Waals surface area (Å²) in [5.74, 6) is 5.40. The quantitative estimate of drug-likeness (QED) is 0.457. The Bertz CT molecular complexity index is 746. The zero-order valence-corrected chi connectivity index (χ0v) is 22.4. The minimum Gasteiger partial charge on any atom is -0.349 e. The molecule has 4 aliphatic carbocycles. The minimum atomic E-state index is -0.264. The maximum absolute atomic E-state index is 6.97. The third-order valence-electron chi connectivity index (χ3n) is 13.0. The molecule has 188 valence electrons. The second kappa shape index (κ2) is 7.94. The molecule has 33 heavy (non-hydrogen) atoms. The lowest BCUT2D eigenvalue weighted by Gasteiger charge is -2.62. The van der Waals surface area contributed by atoms with Crippen LogP contribution in [0.15, 0.2) is 0 Å². The number of hydrogen-bond donors (Lipinski definition) is 0. The molecule has 4 saturated carbocycles. The number of hydrogen-bond acceptors (Lipinski definition) is 3. The summed E-state index contributed by atoms with van der Waals surface area (Å²) in [5, 5.41) is 0. The van der Waals surface area contributed by atoms with Crippen LogP contribution in [0.2, 0.25) is 0 Å².